The van der Waals surface area contributed by atoms with Crippen LogP contribution in [0.5, 0.6) is 5.75 Å². The van der Waals surface area contributed by atoms with Crippen LogP contribution in [0, 0.1) is 5.41 Å². The first-order valence-corrected chi connectivity index (χ1v) is 6.88. The molecule has 0 aromatic heterocycles. The summed E-state index contributed by atoms with van der Waals surface area (Å²) < 4.78 is 31.5. The minimum Gasteiger partial charge on any atom is -0.494 e. The van der Waals surface area contributed by atoms with Crippen molar-refractivity contribution < 1.29 is 28.2 Å². The van der Waals surface area contributed by atoms with Crippen LogP contribution in [0.25, 0.3) is 0 Å². The normalized spacial score (nSPS) is 22.0. The summed E-state index contributed by atoms with van der Waals surface area (Å²) in [4.78, 5) is 22.1. The highest BCUT2D eigenvalue weighted by Crippen LogP contribution is 2.60. The van der Waals surface area contributed by atoms with Gasteiger partial charge >= 0.3 is 5.97 Å². The van der Waals surface area contributed by atoms with E-state index < -0.39 is 29.6 Å². The predicted molar refractivity (Wildman–Crippen MR) is 75.1 cm³/mol. The van der Waals surface area contributed by atoms with Crippen LogP contribution >= 0.6 is 0 Å². The van der Waals surface area contributed by atoms with Crippen molar-refractivity contribution in [3.05, 3.63) is 24.3 Å². The number of halogens is 2. The Labute approximate surface area is 126 Å². The summed E-state index contributed by atoms with van der Waals surface area (Å²) in [5.74, 6) is -4.00. The summed E-state index contributed by atoms with van der Waals surface area (Å²) >= 11 is 0. The third kappa shape index (κ3) is 3.52. The van der Waals surface area contributed by atoms with Crippen LogP contribution < -0.4 is 10.1 Å². The zero-order valence-corrected chi connectivity index (χ0v) is 12.1. The number of carbonyl (C=O) groups is 2. The fraction of sp³-hybridized carbons (Fsp3) is 0.467. The molecule has 120 valence electrons. The fourth-order valence-electron chi connectivity index (χ4n) is 1.96. The number of aliphatic carboxylic acids is 1. The third-order valence-electron chi connectivity index (χ3n) is 3.67. The maximum Gasteiger partial charge on any atom is 0.303 e. The van der Waals surface area contributed by atoms with Gasteiger partial charge in [-0.15, -0.1) is 0 Å². The number of carboxylic acid groups (broad SMARTS) is 1. The average molecular weight is 313 g/mol. The van der Waals surface area contributed by atoms with Crippen LogP contribution in [-0.4, -0.2) is 29.5 Å². The van der Waals surface area contributed by atoms with Crippen molar-refractivity contribution in [2.45, 2.75) is 32.1 Å². The second-order valence-corrected chi connectivity index (χ2v) is 5.54. The minimum absolute atomic E-state index is 0.0287. The van der Waals surface area contributed by atoms with Crippen LogP contribution in [0.4, 0.5) is 14.5 Å². The summed E-state index contributed by atoms with van der Waals surface area (Å²) in [7, 11) is 0. The van der Waals surface area contributed by atoms with Gasteiger partial charge < -0.3 is 15.2 Å². The summed E-state index contributed by atoms with van der Waals surface area (Å²) in [5.41, 5.74) is -1.22. The largest absolute Gasteiger partial charge is 0.494 e. The maximum atomic E-state index is 13.1. The van der Waals surface area contributed by atoms with Crippen LogP contribution in [-0.2, 0) is 9.59 Å². The molecule has 0 heterocycles. The highest BCUT2D eigenvalue weighted by atomic mass is 19.3. The first-order valence-electron chi connectivity index (χ1n) is 6.88. The minimum atomic E-state index is -2.94. The van der Waals surface area contributed by atoms with E-state index >= 15 is 0 Å². The van der Waals surface area contributed by atoms with Crippen molar-refractivity contribution in [2.75, 3.05) is 11.9 Å². The van der Waals surface area contributed by atoms with E-state index in [4.69, 9.17) is 9.84 Å². The number of alkyl halides is 2. The van der Waals surface area contributed by atoms with Crippen LogP contribution in [0.1, 0.15) is 26.2 Å². The Morgan fingerprint density at radius 3 is 2.41 bits per heavy atom. The number of anilines is 1. The number of carboxylic acids is 1. The van der Waals surface area contributed by atoms with Gasteiger partial charge in [0.2, 0.25) is 5.91 Å². The molecule has 2 N–H and O–H groups in total. The summed E-state index contributed by atoms with van der Waals surface area (Å²) in [5, 5.41) is 10.9. The summed E-state index contributed by atoms with van der Waals surface area (Å²) in [6.07, 6.45) is -0.0151. The van der Waals surface area contributed by atoms with Gasteiger partial charge in [-0.3, -0.25) is 9.59 Å². The van der Waals surface area contributed by atoms with Crippen molar-refractivity contribution in [1.29, 1.82) is 0 Å². The topological polar surface area (TPSA) is 75.6 Å². The Kier molecular flexibility index (Phi) is 4.35. The first kappa shape index (κ1) is 16.2. The lowest BCUT2D eigenvalue weighted by Gasteiger charge is -2.12. The molecule has 0 bridgehead atoms. The van der Waals surface area contributed by atoms with Gasteiger partial charge in [-0.2, -0.15) is 0 Å². The molecule has 0 saturated heterocycles. The van der Waals surface area contributed by atoms with E-state index in [9.17, 15) is 18.4 Å². The van der Waals surface area contributed by atoms with Crippen molar-refractivity contribution in [3.8, 4) is 5.75 Å². The lowest BCUT2D eigenvalue weighted by molar-refractivity contribution is -0.137. The van der Waals surface area contributed by atoms with Gasteiger partial charge in [0.25, 0.3) is 5.92 Å². The predicted octanol–water partition coefficient (Wildman–Crippen LogP) is 2.91. The van der Waals surface area contributed by atoms with Gasteiger partial charge in [0.05, 0.1) is 6.61 Å². The van der Waals surface area contributed by atoms with Gasteiger partial charge in [0.1, 0.15) is 11.2 Å². The first-order chi connectivity index (χ1) is 10.2. The Morgan fingerprint density at radius 1 is 1.32 bits per heavy atom. The van der Waals surface area contributed by atoms with E-state index in [1.807, 2.05) is 0 Å². The highest BCUT2D eigenvalue weighted by Gasteiger charge is 2.72. The smallest absolute Gasteiger partial charge is 0.303 e. The Hall–Kier alpha value is -2.18. The van der Waals surface area contributed by atoms with Crippen molar-refractivity contribution in [2.24, 2.45) is 5.41 Å². The van der Waals surface area contributed by atoms with Gasteiger partial charge in [-0.05, 0) is 37.6 Å². The molecule has 2 rings (SSSR count). The average Bonchev–Trinajstić information content (AvgIpc) is 2.97. The zero-order valence-electron chi connectivity index (χ0n) is 12.1. The van der Waals surface area contributed by atoms with E-state index in [0.29, 0.717) is 17.9 Å². The van der Waals surface area contributed by atoms with E-state index in [-0.39, 0.29) is 13.0 Å². The molecule has 1 aliphatic rings. The molecule has 0 aliphatic heterocycles. The molecule has 5 nitrogen and oxygen atoms in total. The monoisotopic (exact) mass is 313 g/mol. The van der Waals surface area contributed by atoms with E-state index in [1.54, 1.807) is 24.3 Å². The molecule has 1 aliphatic carbocycles. The molecule has 1 saturated carbocycles. The molecule has 0 radical (unpaired) electrons. The Balaban J connectivity index is 1.82. The number of nitrogens with one attached hydrogen (secondary N) is 1. The van der Waals surface area contributed by atoms with Gasteiger partial charge in [0.15, 0.2) is 0 Å². The second-order valence-electron chi connectivity index (χ2n) is 5.54. The van der Waals surface area contributed by atoms with Crippen LogP contribution in [0.3, 0.4) is 0 Å². The molecular weight excluding hydrogens is 296 g/mol. The molecule has 1 fully saturated rings. The number of benzene rings is 1. The van der Waals surface area contributed by atoms with Gasteiger partial charge in [-0.1, -0.05) is 0 Å². The lowest BCUT2D eigenvalue weighted by atomic mass is 10.1. The zero-order chi connectivity index (χ0) is 16.4. The summed E-state index contributed by atoms with van der Waals surface area (Å²) in [6.45, 7) is 1.50. The third-order valence-corrected chi connectivity index (χ3v) is 3.67. The quantitative estimate of drug-likeness (QED) is 0.759. The van der Waals surface area contributed by atoms with E-state index in [0.717, 1.165) is 0 Å². The molecule has 7 heteroatoms. The molecule has 0 spiro atoms. The highest BCUT2D eigenvalue weighted by molar-refractivity contribution is 5.98. The van der Waals surface area contributed by atoms with Crippen LogP contribution in [0.15, 0.2) is 24.3 Å². The van der Waals surface area contributed by atoms with Crippen LogP contribution in [0.2, 0.25) is 0 Å². The number of carbonyl (C=O) groups excluding carboxylic acids is 1. The standard InChI is InChI=1S/C15H17F2NO4/c1-14(9-15(14,16)17)13(21)18-10-4-6-11(7-5-10)22-8-2-3-12(19)20/h4-7H,2-3,8-9H2,1H3,(H,18,21)(H,19,20). The number of amides is 1. The Bertz CT molecular complexity index is 573. The molecule has 1 aromatic carbocycles. The van der Waals surface area contributed by atoms with Crippen molar-refractivity contribution in [3.63, 3.8) is 0 Å². The number of hydrogen-bond acceptors (Lipinski definition) is 3. The molecular formula is C15H17F2NO4. The van der Waals surface area contributed by atoms with E-state index in [2.05, 4.69) is 5.32 Å². The molecule has 1 aromatic rings. The molecule has 1 unspecified atom stereocenters. The van der Waals surface area contributed by atoms with Crippen molar-refractivity contribution >= 4 is 17.6 Å². The fourth-order valence-corrected chi connectivity index (χ4v) is 1.96. The molecule has 1 atom stereocenters. The van der Waals surface area contributed by atoms with Gasteiger partial charge in [0, 0.05) is 18.5 Å². The van der Waals surface area contributed by atoms with E-state index in [1.165, 1.54) is 6.92 Å². The maximum absolute atomic E-state index is 13.1. The molecule has 22 heavy (non-hydrogen) atoms. The lowest BCUT2D eigenvalue weighted by Crippen LogP contribution is -2.26. The second kappa shape index (κ2) is 5.90. The number of ether oxygens (including phenoxy) is 1. The van der Waals surface area contributed by atoms with Gasteiger partial charge in [-0.25, -0.2) is 8.78 Å². The number of hydrogen-bond donors (Lipinski definition) is 2. The summed E-state index contributed by atoms with van der Waals surface area (Å²) in [6, 6.07) is 6.27. The SMILES string of the molecule is CC1(C(=O)Nc2ccc(OCCCC(=O)O)cc2)CC1(F)F. The molecule has 1 amide bonds. The number of rotatable bonds is 7. The Morgan fingerprint density at radius 2 is 1.91 bits per heavy atom. The van der Waals surface area contributed by atoms with Crippen molar-refractivity contribution in [1.82, 2.24) is 0 Å².